The maximum atomic E-state index is 14.5. The Labute approximate surface area is 303 Å². The molecule has 8 heterocycles. The number of allylic oxidation sites excluding steroid dienone is 1. The van der Waals surface area contributed by atoms with E-state index in [4.69, 9.17) is 53.0 Å². The van der Waals surface area contributed by atoms with Crippen molar-refractivity contribution in [3.63, 3.8) is 0 Å². The zero-order chi connectivity index (χ0) is 36.9. The number of hydrogen-bond donors (Lipinski definition) is 0. The number of rotatable bonds is 7. The summed E-state index contributed by atoms with van der Waals surface area (Å²) in [6.45, 7) is 13.9. The lowest BCUT2D eigenvalue weighted by Crippen LogP contribution is -2.72. The van der Waals surface area contributed by atoms with Gasteiger partial charge in [-0.3, -0.25) is 0 Å². The van der Waals surface area contributed by atoms with E-state index in [0.717, 1.165) is 32.1 Å². The summed E-state index contributed by atoms with van der Waals surface area (Å²) in [7, 11) is 0. The van der Waals surface area contributed by atoms with Gasteiger partial charge in [-0.05, 0) is 83.1 Å². The predicted octanol–water partition coefficient (Wildman–Crippen LogP) is 7.65. The van der Waals surface area contributed by atoms with Crippen molar-refractivity contribution in [2.24, 2.45) is 46.4 Å². The molecule has 0 aromatic rings. The van der Waals surface area contributed by atoms with E-state index in [1.165, 1.54) is 0 Å². The highest BCUT2D eigenvalue weighted by Gasteiger charge is 2.72. The minimum absolute atomic E-state index is 0.00678. The number of alkyl halides is 3. The van der Waals surface area contributed by atoms with E-state index in [9.17, 15) is 13.2 Å². The first-order valence-electron chi connectivity index (χ1n) is 19.2. The molecule has 0 N–H and O–H groups in total. The van der Waals surface area contributed by atoms with E-state index < -0.39 is 58.9 Å². The van der Waals surface area contributed by atoms with Crippen LogP contribution in [0.15, 0.2) is 28.5 Å². The summed E-state index contributed by atoms with van der Waals surface area (Å²) in [5.41, 5.74) is -2.73. The van der Waals surface area contributed by atoms with Crippen molar-refractivity contribution >= 4 is 5.90 Å². The first-order valence-corrected chi connectivity index (χ1v) is 19.2. The number of halogens is 3. The summed E-state index contributed by atoms with van der Waals surface area (Å²) in [6, 6.07) is 0. The number of hydrogen-bond acceptors (Lipinski definition) is 11. The molecule has 0 radical (unpaired) electrons. The molecule has 9 fully saturated rings. The Hall–Kier alpha value is -1.78. The Kier molecular flexibility index (Phi) is 9.21. The van der Waals surface area contributed by atoms with Crippen LogP contribution in [0.4, 0.5) is 13.2 Å². The molecule has 10 rings (SSSR count). The fraction of sp³-hybridized carbons (Fsp3) is 0.868. The first-order chi connectivity index (χ1) is 24.5. The quantitative estimate of drug-likeness (QED) is 0.0850. The molecule has 292 valence electrons. The van der Waals surface area contributed by atoms with Crippen molar-refractivity contribution in [2.75, 3.05) is 19.8 Å². The smallest absolute Gasteiger partial charge is 0.449 e. The van der Waals surface area contributed by atoms with Crippen LogP contribution < -0.4 is 0 Å². The molecule has 14 heteroatoms. The predicted molar refractivity (Wildman–Crippen MR) is 177 cm³/mol. The highest BCUT2D eigenvalue weighted by molar-refractivity contribution is 5.73. The molecule has 7 saturated heterocycles. The second-order valence-electron chi connectivity index (χ2n) is 17.1. The SMILES string of the molecule is C/C(=N\[C@@]1(C)O[C@@H]2O[C@]3(C)CC[C@H]4[C@H](C)CC[C@@H]([C@H]1C)[C@@]24OO3)OC/C=C/COCC1=C(C(F)(F)F)O[C@@H]2O[C@@]3(C)CC[C@H]4[C@H](C)CC[C@@H]1[C@@]24OO3. The van der Waals surface area contributed by atoms with Crippen LogP contribution in [0, 0.1) is 41.4 Å². The summed E-state index contributed by atoms with van der Waals surface area (Å²) in [4.78, 5) is 28.9. The zero-order valence-corrected chi connectivity index (χ0v) is 31.3. The number of nitrogens with zero attached hydrogens (tertiary/aromatic N) is 1. The third-order valence-corrected chi connectivity index (χ3v) is 13.9. The summed E-state index contributed by atoms with van der Waals surface area (Å²) in [5, 5.41) is 0. The van der Waals surface area contributed by atoms with Gasteiger partial charge in [0.2, 0.25) is 23.6 Å². The molecule has 2 spiro atoms. The summed E-state index contributed by atoms with van der Waals surface area (Å²) in [5.74, 6) is -2.30. The van der Waals surface area contributed by atoms with Crippen molar-refractivity contribution in [3.8, 4) is 0 Å². The van der Waals surface area contributed by atoms with Crippen LogP contribution in [-0.2, 0) is 48.0 Å². The van der Waals surface area contributed by atoms with E-state index >= 15 is 0 Å². The van der Waals surface area contributed by atoms with Gasteiger partial charge in [-0.15, -0.1) is 0 Å². The summed E-state index contributed by atoms with van der Waals surface area (Å²) < 4.78 is 80.1. The highest BCUT2D eigenvalue weighted by atomic mass is 19.4. The van der Waals surface area contributed by atoms with Crippen molar-refractivity contribution < 1.29 is 61.1 Å². The number of fused-ring (bicyclic) bond motifs is 4. The molecule has 2 aliphatic carbocycles. The van der Waals surface area contributed by atoms with Gasteiger partial charge in [-0.2, -0.15) is 13.2 Å². The normalized spacial score (nSPS) is 50.0. The minimum Gasteiger partial charge on any atom is -0.477 e. The van der Waals surface area contributed by atoms with Gasteiger partial charge in [0.25, 0.3) is 0 Å². The fourth-order valence-electron chi connectivity index (χ4n) is 11.0. The number of ether oxygens (including phenoxy) is 6. The Morgan fingerprint density at radius 2 is 1.38 bits per heavy atom. The molecule has 11 nitrogen and oxygen atoms in total. The van der Waals surface area contributed by atoms with Crippen molar-refractivity contribution in [3.05, 3.63) is 23.5 Å². The second kappa shape index (κ2) is 12.9. The van der Waals surface area contributed by atoms with Crippen LogP contribution in [0.1, 0.15) is 99.8 Å². The lowest BCUT2D eigenvalue weighted by Gasteiger charge is -2.62. The lowest BCUT2D eigenvalue weighted by atomic mass is 9.57. The fourth-order valence-corrected chi connectivity index (χ4v) is 11.0. The standard InChI is InChI=1S/C38H54F3NO10/c1-21-10-12-28-23(3)35(7,48-32-36(28)26(21)14-17-34(6,47-32)50-51-36)42-24(4)44-19-9-8-18-43-20-25-29-13-11-22(2)27-15-16-33(5)46-31(37(27,29)52-49-33)45-30(25)38(39,40)41/h8-9,21-23,26-29,31-32H,10-20H2,1-7H3/b9-8+,42-24+/t21-,22-,23-,26+,27+,28+,29+,31-,32+,33-,34+,35+,36-,37-/m1/s1. The third kappa shape index (κ3) is 5.79. The van der Waals surface area contributed by atoms with E-state index in [0.29, 0.717) is 31.1 Å². The molecular weight excluding hydrogens is 687 g/mol. The molecule has 14 atom stereocenters. The zero-order valence-electron chi connectivity index (χ0n) is 31.3. The monoisotopic (exact) mass is 741 g/mol. The van der Waals surface area contributed by atoms with Crippen LogP contribution in [0.3, 0.4) is 0 Å². The molecule has 0 amide bonds. The first kappa shape index (κ1) is 37.2. The van der Waals surface area contributed by atoms with Crippen LogP contribution in [0.25, 0.3) is 0 Å². The molecule has 0 aromatic heterocycles. The van der Waals surface area contributed by atoms with Crippen LogP contribution in [0.2, 0.25) is 0 Å². The molecule has 0 aromatic carbocycles. The van der Waals surface area contributed by atoms with Crippen LogP contribution in [0.5, 0.6) is 0 Å². The van der Waals surface area contributed by atoms with Gasteiger partial charge in [0.15, 0.2) is 29.1 Å². The van der Waals surface area contributed by atoms with Gasteiger partial charge in [0.05, 0.1) is 13.2 Å². The second-order valence-corrected chi connectivity index (χ2v) is 17.1. The Bertz CT molecular complexity index is 1490. The molecule has 52 heavy (non-hydrogen) atoms. The van der Waals surface area contributed by atoms with Gasteiger partial charge in [-0.1, -0.05) is 26.8 Å². The van der Waals surface area contributed by atoms with Crippen molar-refractivity contribution in [2.45, 2.75) is 147 Å². The van der Waals surface area contributed by atoms with E-state index in [1.54, 1.807) is 26.0 Å². The molecule has 4 bridgehead atoms. The highest BCUT2D eigenvalue weighted by Crippen LogP contribution is 2.63. The van der Waals surface area contributed by atoms with Gasteiger partial charge in [-0.25, -0.2) is 24.5 Å². The maximum absolute atomic E-state index is 14.5. The minimum atomic E-state index is -4.72. The largest absolute Gasteiger partial charge is 0.477 e. The average molecular weight is 742 g/mol. The summed E-state index contributed by atoms with van der Waals surface area (Å²) >= 11 is 0. The van der Waals surface area contributed by atoms with Crippen molar-refractivity contribution in [1.29, 1.82) is 0 Å². The van der Waals surface area contributed by atoms with Gasteiger partial charge < -0.3 is 28.4 Å². The lowest BCUT2D eigenvalue weighted by molar-refractivity contribution is -0.575. The van der Waals surface area contributed by atoms with Crippen LogP contribution in [-0.4, -0.2) is 73.0 Å². The van der Waals surface area contributed by atoms with Crippen LogP contribution >= 0.6 is 0 Å². The molecular formula is C38H54F3NO10. The molecule has 0 unspecified atom stereocenters. The Morgan fingerprint density at radius 3 is 2.08 bits per heavy atom. The Morgan fingerprint density at radius 1 is 0.769 bits per heavy atom. The van der Waals surface area contributed by atoms with E-state index in [1.807, 2.05) is 13.8 Å². The topological polar surface area (TPSA) is 105 Å². The van der Waals surface area contributed by atoms with Crippen molar-refractivity contribution in [1.82, 2.24) is 0 Å². The molecule has 10 aliphatic rings. The molecule has 8 aliphatic heterocycles. The van der Waals surface area contributed by atoms with Gasteiger partial charge in [0.1, 0.15) is 6.61 Å². The molecule has 2 saturated carbocycles. The summed E-state index contributed by atoms with van der Waals surface area (Å²) in [6.07, 6.45) is 3.12. The number of aliphatic imine (C=N–C) groups is 1. The third-order valence-electron chi connectivity index (χ3n) is 13.9. The maximum Gasteiger partial charge on any atom is 0.449 e. The van der Waals surface area contributed by atoms with E-state index in [-0.39, 0.29) is 55.0 Å². The average Bonchev–Trinajstić information content (AvgIpc) is 3.45. The van der Waals surface area contributed by atoms with E-state index in [2.05, 4.69) is 20.8 Å². The van der Waals surface area contributed by atoms with Gasteiger partial charge in [0, 0.05) is 49.0 Å². The Balaban J connectivity index is 0.908. The van der Waals surface area contributed by atoms with Gasteiger partial charge >= 0.3 is 6.18 Å².